The summed E-state index contributed by atoms with van der Waals surface area (Å²) in [5.74, 6) is -0.739. The van der Waals surface area contributed by atoms with Crippen LogP contribution in [0, 0.1) is 11.3 Å². The van der Waals surface area contributed by atoms with Crippen molar-refractivity contribution in [3.8, 4) is 6.07 Å². The number of thioether (sulfide) groups is 1. The van der Waals surface area contributed by atoms with E-state index in [-0.39, 0.29) is 5.97 Å². The Hall–Kier alpha value is -2.63. The molecule has 1 aliphatic heterocycles. The largest absolute Gasteiger partial charge is 0.462 e. The van der Waals surface area contributed by atoms with E-state index < -0.39 is 5.92 Å². The number of nitrogens with zero attached hydrogens (tertiary/aromatic N) is 3. The van der Waals surface area contributed by atoms with E-state index >= 15 is 0 Å². The lowest BCUT2D eigenvalue weighted by Gasteiger charge is -2.30. The van der Waals surface area contributed by atoms with Gasteiger partial charge in [0.05, 0.1) is 23.8 Å². The number of nitriles is 1. The second-order valence-corrected chi connectivity index (χ2v) is 8.47. The number of allylic oxidation sites excluding steroid dienone is 3. The van der Waals surface area contributed by atoms with E-state index in [4.69, 9.17) is 4.74 Å². The van der Waals surface area contributed by atoms with Crippen molar-refractivity contribution in [3.63, 3.8) is 0 Å². The molecule has 0 radical (unpaired) electrons. The number of unbranched alkanes of at least 4 members (excludes halogenated alkanes) is 1. The van der Waals surface area contributed by atoms with Gasteiger partial charge in [0.1, 0.15) is 5.01 Å². The van der Waals surface area contributed by atoms with Crippen LogP contribution in [0.1, 0.15) is 55.7 Å². The maximum absolute atomic E-state index is 13.1. The number of dihydropyridines is 1. The first-order valence-electron chi connectivity index (χ1n) is 9.73. The van der Waals surface area contributed by atoms with Crippen LogP contribution in [0.5, 0.6) is 0 Å². The lowest BCUT2D eigenvalue weighted by atomic mass is 9.80. The molecule has 0 saturated heterocycles. The standard InChI is InChI=1S/C22H24N4O2S2/c1-5-6-10-28-21(27)18-14(3)24-13(2)17(20-25-22(29-4)26-30-20)19(18)16-9-7-8-15(11-16)12-23/h7-9,11,19,24H,5-6,10H2,1-4H3. The second-order valence-electron chi connectivity index (χ2n) is 6.95. The minimum atomic E-state index is -0.392. The van der Waals surface area contributed by atoms with Crippen molar-refractivity contribution in [2.75, 3.05) is 12.9 Å². The molecule has 0 fully saturated rings. The summed E-state index contributed by atoms with van der Waals surface area (Å²) in [4.78, 5) is 17.8. The van der Waals surface area contributed by atoms with Gasteiger partial charge in [-0.05, 0) is 55.8 Å². The first-order valence-corrected chi connectivity index (χ1v) is 11.7. The molecule has 1 N–H and O–H groups in total. The summed E-state index contributed by atoms with van der Waals surface area (Å²) in [6.07, 6.45) is 3.69. The van der Waals surface area contributed by atoms with Gasteiger partial charge < -0.3 is 10.1 Å². The van der Waals surface area contributed by atoms with Crippen molar-refractivity contribution in [3.05, 3.63) is 57.4 Å². The lowest BCUT2D eigenvalue weighted by molar-refractivity contribution is -0.139. The zero-order chi connectivity index (χ0) is 21.7. The van der Waals surface area contributed by atoms with Crippen LogP contribution in [0.2, 0.25) is 0 Å². The zero-order valence-corrected chi connectivity index (χ0v) is 19.1. The highest BCUT2D eigenvalue weighted by atomic mass is 32.2. The molecule has 0 bridgehead atoms. The van der Waals surface area contributed by atoms with Crippen LogP contribution >= 0.6 is 23.3 Å². The van der Waals surface area contributed by atoms with Gasteiger partial charge in [0.15, 0.2) is 5.16 Å². The predicted molar refractivity (Wildman–Crippen MR) is 120 cm³/mol. The van der Waals surface area contributed by atoms with Crippen molar-refractivity contribution in [2.45, 2.75) is 44.7 Å². The Bertz CT molecular complexity index is 1050. The number of hydrogen-bond acceptors (Lipinski definition) is 8. The van der Waals surface area contributed by atoms with Crippen molar-refractivity contribution < 1.29 is 9.53 Å². The maximum Gasteiger partial charge on any atom is 0.336 e. The van der Waals surface area contributed by atoms with Crippen LogP contribution in [0.25, 0.3) is 5.57 Å². The predicted octanol–water partition coefficient (Wildman–Crippen LogP) is 4.87. The fourth-order valence-electron chi connectivity index (χ4n) is 3.46. The molecule has 2 heterocycles. The van der Waals surface area contributed by atoms with E-state index in [2.05, 4.69) is 27.7 Å². The molecular weight excluding hydrogens is 416 g/mol. The number of nitrogens with one attached hydrogen (secondary N) is 1. The highest BCUT2D eigenvalue weighted by Gasteiger charge is 2.36. The molecule has 2 aromatic rings. The third kappa shape index (κ3) is 4.58. The summed E-state index contributed by atoms with van der Waals surface area (Å²) in [6.45, 7) is 6.29. The van der Waals surface area contributed by atoms with Gasteiger partial charge in [-0.1, -0.05) is 37.2 Å². The van der Waals surface area contributed by atoms with E-state index in [1.807, 2.05) is 38.3 Å². The van der Waals surface area contributed by atoms with Crippen LogP contribution < -0.4 is 5.32 Å². The van der Waals surface area contributed by atoms with Gasteiger partial charge in [0.2, 0.25) is 0 Å². The van der Waals surface area contributed by atoms with Gasteiger partial charge in [-0.2, -0.15) is 9.64 Å². The molecule has 156 valence electrons. The number of benzene rings is 1. The first kappa shape index (κ1) is 22.1. The van der Waals surface area contributed by atoms with E-state index in [0.29, 0.717) is 22.9 Å². The Labute approximate surface area is 185 Å². The average Bonchev–Trinajstić information content (AvgIpc) is 3.22. The molecule has 0 aliphatic carbocycles. The average molecular weight is 441 g/mol. The molecule has 1 aromatic carbocycles. The molecule has 30 heavy (non-hydrogen) atoms. The number of carbonyl (C=O) groups is 1. The van der Waals surface area contributed by atoms with Gasteiger partial charge in [0.25, 0.3) is 0 Å². The Balaban J connectivity index is 2.14. The molecule has 3 rings (SSSR count). The highest BCUT2D eigenvalue weighted by Crippen LogP contribution is 2.44. The summed E-state index contributed by atoms with van der Waals surface area (Å²) in [6, 6.07) is 9.55. The highest BCUT2D eigenvalue weighted by molar-refractivity contribution is 7.98. The lowest BCUT2D eigenvalue weighted by Crippen LogP contribution is -2.28. The molecule has 0 amide bonds. The fourth-order valence-corrected chi connectivity index (χ4v) is 4.81. The molecular formula is C22H24N4O2S2. The van der Waals surface area contributed by atoms with Gasteiger partial charge >= 0.3 is 5.97 Å². The van der Waals surface area contributed by atoms with Crippen LogP contribution in [-0.2, 0) is 9.53 Å². The molecule has 1 unspecified atom stereocenters. The molecule has 8 heteroatoms. The van der Waals surface area contributed by atoms with Crippen molar-refractivity contribution in [1.82, 2.24) is 14.7 Å². The molecule has 1 aromatic heterocycles. The van der Waals surface area contributed by atoms with Gasteiger partial charge in [-0.25, -0.2) is 9.78 Å². The molecule has 1 atom stereocenters. The Kier molecular flexibility index (Phi) is 7.29. The Morgan fingerprint density at radius 1 is 1.37 bits per heavy atom. The number of esters is 1. The van der Waals surface area contributed by atoms with Crippen LogP contribution in [0.4, 0.5) is 0 Å². The van der Waals surface area contributed by atoms with Crippen LogP contribution in [-0.4, -0.2) is 28.2 Å². The van der Waals surface area contributed by atoms with Crippen molar-refractivity contribution in [1.29, 1.82) is 5.26 Å². The SMILES string of the molecule is CCCCOC(=O)C1=C(C)NC(C)=C(c2nc(SC)ns2)C1c1cccc(C#N)c1. The van der Waals surface area contributed by atoms with Gasteiger partial charge in [0, 0.05) is 22.9 Å². The third-order valence-electron chi connectivity index (χ3n) is 4.88. The molecule has 1 aliphatic rings. The van der Waals surface area contributed by atoms with Gasteiger partial charge in [-0.15, -0.1) is 0 Å². The van der Waals surface area contributed by atoms with Gasteiger partial charge in [-0.3, -0.25) is 0 Å². The number of hydrogen-bond donors (Lipinski definition) is 1. The van der Waals surface area contributed by atoms with E-state index in [0.717, 1.165) is 40.4 Å². The summed E-state index contributed by atoms with van der Waals surface area (Å²) in [7, 11) is 0. The summed E-state index contributed by atoms with van der Waals surface area (Å²) >= 11 is 2.79. The van der Waals surface area contributed by atoms with Crippen molar-refractivity contribution in [2.24, 2.45) is 0 Å². The van der Waals surface area contributed by atoms with Crippen molar-refractivity contribution >= 4 is 34.8 Å². The minimum Gasteiger partial charge on any atom is -0.462 e. The normalized spacial score (nSPS) is 16.3. The molecule has 6 nitrogen and oxygen atoms in total. The first-order chi connectivity index (χ1) is 14.5. The smallest absolute Gasteiger partial charge is 0.336 e. The van der Waals surface area contributed by atoms with E-state index in [9.17, 15) is 10.1 Å². The summed E-state index contributed by atoms with van der Waals surface area (Å²) < 4.78 is 9.99. The Morgan fingerprint density at radius 2 is 2.17 bits per heavy atom. The molecule has 0 saturated carbocycles. The van der Waals surface area contributed by atoms with E-state index in [1.165, 1.54) is 23.3 Å². The minimum absolute atomic E-state index is 0.347. The zero-order valence-electron chi connectivity index (χ0n) is 17.5. The summed E-state index contributed by atoms with van der Waals surface area (Å²) in [5, 5.41) is 14.2. The van der Waals surface area contributed by atoms with Crippen LogP contribution in [0.3, 0.4) is 0 Å². The number of aromatic nitrogens is 2. The number of rotatable bonds is 7. The third-order valence-corrected chi connectivity index (χ3v) is 6.29. The second kappa shape index (κ2) is 9.92. The topological polar surface area (TPSA) is 87.9 Å². The monoisotopic (exact) mass is 440 g/mol. The van der Waals surface area contributed by atoms with E-state index in [1.54, 1.807) is 6.07 Å². The maximum atomic E-state index is 13.1. The van der Waals surface area contributed by atoms with Crippen LogP contribution in [0.15, 0.2) is 46.4 Å². The number of ether oxygens (including phenoxy) is 1. The summed E-state index contributed by atoms with van der Waals surface area (Å²) in [5.41, 5.74) is 4.49. The number of carbonyl (C=O) groups excluding carboxylic acids is 1. The fraction of sp³-hybridized carbons (Fsp3) is 0.364. The Morgan fingerprint density at radius 3 is 2.83 bits per heavy atom. The molecule has 0 spiro atoms. The quantitative estimate of drug-likeness (QED) is 0.373.